The molecule has 1 aliphatic heterocycles. The summed E-state index contributed by atoms with van der Waals surface area (Å²) in [7, 11) is -0.334. The minimum Gasteiger partial charge on any atom is -0.497 e. The Hall–Kier alpha value is -1.51. The first-order valence-corrected chi connectivity index (χ1v) is 16.3. The predicted molar refractivity (Wildman–Crippen MR) is 151 cm³/mol. The molecule has 0 unspecified atom stereocenters. The van der Waals surface area contributed by atoms with Gasteiger partial charge in [0.25, 0.3) is 0 Å². The largest absolute Gasteiger partial charge is 0.497 e. The number of ether oxygens (including phenoxy) is 4. The van der Waals surface area contributed by atoms with Crippen molar-refractivity contribution in [2.75, 3.05) is 20.3 Å². The number of methoxy groups -OCH3 is 1. The molecule has 1 fully saturated rings. The molecule has 0 amide bonds. The van der Waals surface area contributed by atoms with E-state index in [4.69, 9.17) is 23.4 Å². The highest BCUT2D eigenvalue weighted by molar-refractivity contribution is 6.74. The lowest BCUT2D eigenvalue weighted by atomic mass is 9.83. The summed E-state index contributed by atoms with van der Waals surface area (Å²) in [5, 5.41) is 0.0949. The van der Waals surface area contributed by atoms with Crippen molar-refractivity contribution in [2.24, 2.45) is 17.8 Å². The van der Waals surface area contributed by atoms with Gasteiger partial charge in [-0.15, -0.1) is 0 Å². The van der Waals surface area contributed by atoms with E-state index in [1.165, 1.54) is 0 Å². The first kappa shape index (κ1) is 31.7. The minimum absolute atomic E-state index is 0.0307. The standard InChI is InChI=1S/C30H50O6Si/c1-21(17-31)16-22(2)27-26(20-34-37(10,11)29(4,5)6)28(36-30(7,8)35-27)23(3)18-33-19-24-12-14-25(32-9)15-13-24/h12-17,21,23,26-28H,18-20H2,1-11H3/b22-16+/t21-,23-,26-,27-,28+/m1/s1. The van der Waals surface area contributed by atoms with Gasteiger partial charge in [0.15, 0.2) is 14.1 Å². The molecule has 0 saturated carbocycles. The molecule has 2 rings (SSSR count). The normalized spacial score (nSPS) is 24.4. The van der Waals surface area contributed by atoms with E-state index in [1.807, 2.05) is 58.0 Å². The molecule has 0 aliphatic carbocycles. The van der Waals surface area contributed by atoms with Crippen LogP contribution in [0.1, 0.15) is 61.0 Å². The number of rotatable bonds is 12. The zero-order chi connectivity index (χ0) is 28.0. The van der Waals surface area contributed by atoms with Crippen molar-refractivity contribution in [3.8, 4) is 5.75 Å². The molecule has 6 nitrogen and oxygen atoms in total. The van der Waals surface area contributed by atoms with E-state index in [0.29, 0.717) is 19.8 Å². The van der Waals surface area contributed by atoms with Crippen LogP contribution in [0.25, 0.3) is 0 Å². The summed E-state index contributed by atoms with van der Waals surface area (Å²) < 4.78 is 31.2. The Morgan fingerprint density at radius 3 is 2.30 bits per heavy atom. The first-order chi connectivity index (χ1) is 17.1. The predicted octanol–water partition coefficient (Wildman–Crippen LogP) is 6.79. The van der Waals surface area contributed by atoms with E-state index in [1.54, 1.807) is 7.11 Å². The Labute approximate surface area is 226 Å². The van der Waals surface area contributed by atoms with Gasteiger partial charge in [0, 0.05) is 24.4 Å². The molecule has 0 spiro atoms. The fourth-order valence-electron chi connectivity index (χ4n) is 4.41. The number of hydrogen-bond acceptors (Lipinski definition) is 6. The molecule has 1 aliphatic rings. The molecule has 37 heavy (non-hydrogen) atoms. The van der Waals surface area contributed by atoms with Crippen LogP contribution in [0.5, 0.6) is 5.75 Å². The van der Waals surface area contributed by atoms with Crippen molar-refractivity contribution < 1.29 is 28.2 Å². The quantitative estimate of drug-likeness (QED) is 0.167. The lowest BCUT2D eigenvalue weighted by Gasteiger charge is -2.49. The van der Waals surface area contributed by atoms with Gasteiger partial charge in [0.2, 0.25) is 0 Å². The number of allylic oxidation sites excluding steroid dienone is 1. The topological polar surface area (TPSA) is 63.2 Å². The van der Waals surface area contributed by atoms with E-state index in [2.05, 4.69) is 40.8 Å². The second-order valence-electron chi connectivity index (χ2n) is 12.5. The maximum Gasteiger partial charge on any atom is 0.191 e. The molecule has 1 heterocycles. The molecule has 7 heteroatoms. The fraction of sp³-hybridized carbons (Fsp3) is 0.700. The van der Waals surface area contributed by atoms with Crippen molar-refractivity contribution in [2.45, 2.75) is 98.1 Å². The highest BCUT2D eigenvalue weighted by atomic mass is 28.4. The van der Waals surface area contributed by atoms with Gasteiger partial charge in [0.05, 0.1) is 32.5 Å². The lowest BCUT2D eigenvalue weighted by molar-refractivity contribution is -0.326. The van der Waals surface area contributed by atoms with E-state index >= 15 is 0 Å². The summed E-state index contributed by atoms with van der Waals surface area (Å²) in [5.41, 5.74) is 2.13. The molecular formula is C30H50O6Si. The van der Waals surface area contributed by atoms with Gasteiger partial charge in [-0.25, -0.2) is 0 Å². The van der Waals surface area contributed by atoms with Crippen LogP contribution in [0.4, 0.5) is 0 Å². The van der Waals surface area contributed by atoms with E-state index in [9.17, 15) is 4.79 Å². The van der Waals surface area contributed by atoms with E-state index in [0.717, 1.165) is 23.2 Å². The Morgan fingerprint density at radius 1 is 1.14 bits per heavy atom. The second kappa shape index (κ2) is 13.0. The number of aldehydes is 1. The summed E-state index contributed by atoms with van der Waals surface area (Å²) in [4.78, 5) is 11.4. The average molecular weight is 535 g/mol. The monoisotopic (exact) mass is 534 g/mol. The van der Waals surface area contributed by atoms with Crippen LogP contribution in [-0.2, 0) is 30.0 Å². The van der Waals surface area contributed by atoms with E-state index < -0.39 is 14.1 Å². The van der Waals surface area contributed by atoms with Crippen LogP contribution < -0.4 is 4.74 Å². The molecule has 210 valence electrons. The molecule has 5 atom stereocenters. The molecule has 0 bridgehead atoms. The molecular weight excluding hydrogens is 484 g/mol. The third kappa shape index (κ3) is 9.03. The van der Waals surface area contributed by atoms with Gasteiger partial charge >= 0.3 is 0 Å². The smallest absolute Gasteiger partial charge is 0.191 e. The number of benzene rings is 1. The first-order valence-electron chi connectivity index (χ1n) is 13.4. The van der Waals surface area contributed by atoms with Gasteiger partial charge in [-0.3, -0.25) is 0 Å². The molecule has 1 saturated heterocycles. The van der Waals surface area contributed by atoms with Gasteiger partial charge in [-0.2, -0.15) is 0 Å². The Morgan fingerprint density at radius 2 is 1.76 bits per heavy atom. The molecule has 1 aromatic carbocycles. The third-order valence-corrected chi connectivity index (χ3v) is 12.1. The van der Waals surface area contributed by atoms with Crippen molar-refractivity contribution in [1.82, 2.24) is 0 Å². The second-order valence-corrected chi connectivity index (χ2v) is 17.3. The SMILES string of the molecule is COc1ccc(COC[C@@H](C)[C@@H]2OC(C)(C)O[C@H](/C(C)=C/[C@@H](C)C=O)[C@H]2CO[Si](C)(C)C(C)(C)C)cc1. The van der Waals surface area contributed by atoms with Gasteiger partial charge < -0.3 is 28.2 Å². The minimum atomic E-state index is -2.00. The zero-order valence-electron chi connectivity index (χ0n) is 24.9. The van der Waals surface area contributed by atoms with Crippen LogP contribution in [0.15, 0.2) is 35.9 Å². The third-order valence-electron chi connectivity index (χ3n) is 7.64. The van der Waals surface area contributed by atoms with Crippen LogP contribution in [0, 0.1) is 17.8 Å². The lowest BCUT2D eigenvalue weighted by Crippen LogP contribution is -2.56. The van der Waals surface area contributed by atoms with Crippen molar-refractivity contribution in [3.63, 3.8) is 0 Å². The van der Waals surface area contributed by atoms with Gasteiger partial charge in [-0.1, -0.05) is 52.8 Å². The summed E-state index contributed by atoms with van der Waals surface area (Å²) in [6.07, 6.45) is 2.61. The average Bonchev–Trinajstić information content (AvgIpc) is 2.81. The Kier molecular flexibility index (Phi) is 11.2. The van der Waals surface area contributed by atoms with Crippen molar-refractivity contribution in [3.05, 3.63) is 41.5 Å². The summed E-state index contributed by atoms with van der Waals surface area (Å²) >= 11 is 0. The molecule has 0 N–H and O–H groups in total. The fourth-order valence-corrected chi connectivity index (χ4v) is 5.45. The molecule has 1 aromatic rings. The van der Waals surface area contributed by atoms with Crippen LogP contribution >= 0.6 is 0 Å². The number of carbonyl (C=O) groups excluding carboxylic acids is 1. The van der Waals surface area contributed by atoms with Crippen molar-refractivity contribution >= 4 is 14.6 Å². The van der Waals surface area contributed by atoms with Gasteiger partial charge in [-0.05, 0) is 62.2 Å². The summed E-state index contributed by atoms with van der Waals surface area (Å²) in [6.45, 7) is 22.9. The van der Waals surface area contributed by atoms with Gasteiger partial charge in [0.1, 0.15) is 12.0 Å². The maximum absolute atomic E-state index is 11.4. The number of hydrogen-bond donors (Lipinski definition) is 0. The Balaban J connectivity index is 2.26. The molecule has 0 radical (unpaired) electrons. The molecule has 0 aromatic heterocycles. The Bertz CT molecular complexity index is 886. The number of carbonyl (C=O) groups is 1. The highest BCUT2D eigenvalue weighted by Crippen LogP contribution is 2.41. The van der Waals surface area contributed by atoms with Crippen LogP contribution in [0.2, 0.25) is 18.1 Å². The van der Waals surface area contributed by atoms with Crippen molar-refractivity contribution in [1.29, 1.82) is 0 Å². The summed E-state index contributed by atoms with van der Waals surface area (Å²) in [6, 6.07) is 7.93. The van der Waals surface area contributed by atoms with Crippen LogP contribution in [0.3, 0.4) is 0 Å². The highest BCUT2D eigenvalue weighted by Gasteiger charge is 2.47. The van der Waals surface area contributed by atoms with E-state index in [-0.39, 0.29) is 35.0 Å². The van der Waals surface area contributed by atoms with Crippen LogP contribution in [-0.4, -0.2) is 52.9 Å². The zero-order valence-corrected chi connectivity index (χ0v) is 25.9. The summed E-state index contributed by atoms with van der Waals surface area (Å²) in [5.74, 6) is -0.0461. The maximum atomic E-state index is 11.4.